The largest absolute Gasteiger partial charge is 0.379 e. The second-order valence-electron chi connectivity index (χ2n) is 6.67. The van der Waals surface area contributed by atoms with E-state index in [1.165, 1.54) is 5.56 Å². The minimum Gasteiger partial charge on any atom is -0.379 e. The fourth-order valence-electron chi connectivity index (χ4n) is 3.14. The van der Waals surface area contributed by atoms with Crippen molar-refractivity contribution in [2.24, 2.45) is 0 Å². The second-order valence-corrected chi connectivity index (χ2v) is 7.51. The number of nitrogens with zero attached hydrogens (tertiary/aromatic N) is 1. The summed E-state index contributed by atoms with van der Waals surface area (Å²) >= 11 is 12.1. The summed E-state index contributed by atoms with van der Waals surface area (Å²) in [7, 11) is 0. The summed E-state index contributed by atoms with van der Waals surface area (Å²) in [5.74, 6) is 0.0159. The third-order valence-corrected chi connectivity index (χ3v) is 5.32. The van der Waals surface area contributed by atoms with Gasteiger partial charge in [0, 0.05) is 42.6 Å². The number of rotatable bonds is 7. The number of halogens is 2. The number of benzene rings is 2. The van der Waals surface area contributed by atoms with Crippen molar-refractivity contribution in [3.63, 3.8) is 0 Å². The van der Waals surface area contributed by atoms with Gasteiger partial charge in [-0.2, -0.15) is 0 Å². The highest BCUT2D eigenvalue weighted by molar-refractivity contribution is 6.35. The van der Waals surface area contributed by atoms with Gasteiger partial charge in [0.15, 0.2) is 0 Å². The first-order valence-corrected chi connectivity index (χ1v) is 9.95. The van der Waals surface area contributed by atoms with Gasteiger partial charge >= 0.3 is 0 Å². The molecule has 4 nitrogen and oxygen atoms in total. The van der Waals surface area contributed by atoms with E-state index < -0.39 is 0 Å². The molecule has 3 rings (SSSR count). The Morgan fingerprint density at radius 2 is 1.78 bits per heavy atom. The average molecular weight is 407 g/mol. The molecule has 0 spiro atoms. The van der Waals surface area contributed by atoms with Crippen LogP contribution in [0.3, 0.4) is 0 Å². The van der Waals surface area contributed by atoms with Crippen LogP contribution in [0.1, 0.15) is 23.1 Å². The Labute approximate surface area is 170 Å². The molecule has 6 heteroatoms. The third-order valence-electron chi connectivity index (χ3n) is 4.73. The fraction of sp³-hybridized carbons (Fsp3) is 0.381. The Kier molecular flexibility index (Phi) is 7.53. The van der Waals surface area contributed by atoms with Crippen LogP contribution in [-0.2, 0) is 29.0 Å². The first kappa shape index (κ1) is 20.2. The van der Waals surface area contributed by atoms with Crippen LogP contribution in [0.25, 0.3) is 0 Å². The van der Waals surface area contributed by atoms with Gasteiger partial charge in [0.1, 0.15) is 0 Å². The van der Waals surface area contributed by atoms with E-state index in [2.05, 4.69) is 22.3 Å². The highest BCUT2D eigenvalue weighted by Crippen LogP contribution is 2.22. The summed E-state index contributed by atoms with van der Waals surface area (Å²) in [6, 6.07) is 13.6. The van der Waals surface area contributed by atoms with E-state index in [-0.39, 0.29) is 5.91 Å². The van der Waals surface area contributed by atoms with E-state index in [1.807, 2.05) is 18.2 Å². The molecule has 0 saturated carbocycles. The van der Waals surface area contributed by atoms with Crippen molar-refractivity contribution in [3.05, 3.63) is 69.2 Å². The summed E-state index contributed by atoms with van der Waals surface area (Å²) in [5, 5.41) is 4.23. The van der Waals surface area contributed by atoms with Crippen molar-refractivity contribution < 1.29 is 9.53 Å². The molecule has 1 N–H and O–H groups in total. The summed E-state index contributed by atoms with van der Waals surface area (Å²) in [6.07, 6.45) is 0.990. The Morgan fingerprint density at radius 1 is 1.04 bits per heavy atom. The lowest BCUT2D eigenvalue weighted by Crippen LogP contribution is -2.36. The smallest absolute Gasteiger partial charge is 0.220 e. The van der Waals surface area contributed by atoms with E-state index in [1.54, 1.807) is 12.1 Å². The van der Waals surface area contributed by atoms with E-state index in [4.69, 9.17) is 27.9 Å². The number of ether oxygens (including phenoxy) is 1. The molecule has 0 radical (unpaired) electrons. The van der Waals surface area contributed by atoms with E-state index in [0.717, 1.165) is 44.0 Å². The van der Waals surface area contributed by atoms with Gasteiger partial charge in [0.05, 0.1) is 13.2 Å². The Bertz CT molecular complexity index is 777. The maximum absolute atomic E-state index is 12.3. The van der Waals surface area contributed by atoms with Crippen LogP contribution >= 0.6 is 23.2 Å². The molecule has 0 unspecified atom stereocenters. The van der Waals surface area contributed by atoms with E-state index >= 15 is 0 Å². The van der Waals surface area contributed by atoms with Gasteiger partial charge in [-0.15, -0.1) is 0 Å². The molecule has 1 heterocycles. The molecule has 1 aliphatic rings. The number of nitrogens with one attached hydrogen (secondary N) is 1. The summed E-state index contributed by atoms with van der Waals surface area (Å²) < 4.78 is 5.41. The maximum Gasteiger partial charge on any atom is 0.220 e. The van der Waals surface area contributed by atoms with E-state index in [9.17, 15) is 4.79 Å². The lowest BCUT2D eigenvalue weighted by Gasteiger charge is -2.27. The zero-order chi connectivity index (χ0) is 19.1. The molecule has 0 bridgehead atoms. The lowest BCUT2D eigenvalue weighted by molar-refractivity contribution is -0.121. The molecule has 2 aromatic rings. The van der Waals surface area contributed by atoms with Gasteiger partial charge in [-0.05, 0) is 35.2 Å². The third kappa shape index (κ3) is 6.22. The molecular weight excluding hydrogens is 383 g/mol. The van der Waals surface area contributed by atoms with Crippen LogP contribution in [0.4, 0.5) is 0 Å². The summed E-state index contributed by atoms with van der Waals surface area (Å²) in [4.78, 5) is 14.6. The number of carbonyl (C=O) groups excluding carboxylic acids is 1. The van der Waals surface area contributed by atoms with Crippen molar-refractivity contribution in [1.82, 2.24) is 10.2 Å². The molecule has 27 heavy (non-hydrogen) atoms. The highest BCUT2D eigenvalue weighted by atomic mass is 35.5. The first-order chi connectivity index (χ1) is 13.1. The standard InChI is InChI=1S/C21H24Cl2N2O2/c22-19-7-5-16(20(23)13-19)6-8-21(26)24-14-17-3-1-2-4-18(17)15-25-9-11-27-12-10-25/h1-5,7,13H,6,8-12,14-15H2,(H,24,26). The monoisotopic (exact) mass is 406 g/mol. The van der Waals surface area contributed by atoms with Crippen LogP contribution in [0.5, 0.6) is 0 Å². The van der Waals surface area contributed by atoms with Crippen molar-refractivity contribution in [3.8, 4) is 0 Å². The number of hydrogen-bond acceptors (Lipinski definition) is 3. The van der Waals surface area contributed by atoms with Crippen molar-refractivity contribution in [1.29, 1.82) is 0 Å². The van der Waals surface area contributed by atoms with Crippen molar-refractivity contribution in [2.75, 3.05) is 26.3 Å². The molecule has 0 aromatic heterocycles. The number of morpholine rings is 1. The zero-order valence-corrected chi connectivity index (χ0v) is 16.7. The fourth-order valence-corrected chi connectivity index (χ4v) is 3.64. The molecule has 2 aromatic carbocycles. The van der Waals surface area contributed by atoms with Gasteiger partial charge in [-0.3, -0.25) is 9.69 Å². The van der Waals surface area contributed by atoms with Gasteiger partial charge in [0.25, 0.3) is 0 Å². The Morgan fingerprint density at radius 3 is 2.52 bits per heavy atom. The molecule has 0 aliphatic carbocycles. The quantitative estimate of drug-likeness (QED) is 0.752. The van der Waals surface area contributed by atoms with Crippen molar-refractivity contribution in [2.45, 2.75) is 25.9 Å². The first-order valence-electron chi connectivity index (χ1n) is 9.19. The van der Waals surface area contributed by atoms with Gasteiger partial charge in [-0.25, -0.2) is 0 Å². The predicted molar refractivity (Wildman–Crippen MR) is 109 cm³/mol. The number of amides is 1. The van der Waals surface area contributed by atoms with Gasteiger partial charge < -0.3 is 10.1 Å². The molecular formula is C21H24Cl2N2O2. The van der Waals surface area contributed by atoms with Crippen LogP contribution in [0.15, 0.2) is 42.5 Å². The molecule has 0 atom stereocenters. The van der Waals surface area contributed by atoms with Gasteiger partial charge in [-0.1, -0.05) is 53.5 Å². The van der Waals surface area contributed by atoms with Crippen molar-refractivity contribution >= 4 is 29.1 Å². The molecule has 1 amide bonds. The molecule has 1 aliphatic heterocycles. The number of aryl methyl sites for hydroxylation is 1. The van der Waals surface area contributed by atoms with Crippen LogP contribution in [-0.4, -0.2) is 37.1 Å². The topological polar surface area (TPSA) is 41.6 Å². The Balaban J connectivity index is 1.51. The normalized spacial score (nSPS) is 14.9. The summed E-state index contributed by atoms with van der Waals surface area (Å²) in [5.41, 5.74) is 3.34. The second kappa shape index (κ2) is 10.1. The minimum absolute atomic E-state index is 0.0159. The van der Waals surface area contributed by atoms with Crippen LogP contribution < -0.4 is 5.32 Å². The number of carbonyl (C=O) groups is 1. The molecule has 144 valence electrons. The number of hydrogen-bond donors (Lipinski definition) is 1. The maximum atomic E-state index is 12.3. The highest BCUT2D eigenvalue weighted by Gasteiger charge is 2.13. The van der Waals surface area contributed by atoms with E-state index in [0.29, 0.717) is 29.4 Å². The lowest BCUT2D eigenvalue weighted by atomic mass is 10.1. The predicted octanol–water partition coefficient (Wildman–Crippen LogP) is 4.07. The minimum atomic E-state index is 0.0159. The average Bonchev–Trinajstić information content (AvgIpc) is 2.67. The van der Waals surface area contributed by atoms with Crippen LogP contribution in [0, 0.1) is 0 Å². The summed E-state index contributed by atoms with van der Waals surface area (Å²) in [6.45, 7) is 4.88. The van der Waals surface area contributed by atoms with Crippen LogP contribution in [0.2, 0.25) is 10.0 Å². The Hall–Kier alpha value is -1.59. The molecule has 1 fully saturated rings. The van der Waals surface area contributed by atoms with Gasteiger partial charge in [0.2, 0.25) is 5.91 Å². The SMILES string of the molecule is O=C(CCc1ccc(Cl)cc1Cl)NCc1ccccc1CN1CCOCC1. The molecule has 1 saturated heterocycles. The zero-order valence-electron chi connectivity index (χ0n) is 15.2.